The molecule has 0 fully saturated rings. The Morgan fingerprint density at radius 2 is 1.32 bits per heavy atom. The van der Waals surface area contributed by atoms with Gasteiger partial charge in [0.05, 0.1) is 12.6 Å². The van der Waals surface area contributed by atoms with Crippen molar-refractivity contribution in [1.29, 1.82) is 0 Å². The van der Waals surface area contributed by atoms with E-state index < -0.39 is 20.0 Å². The minimum absolute atomic E-state index is 0.102. The lowest BCUT2D eigenvalue weighted by Crippen LogP contribution is -2.52. The smallest absolute Gasteiger partial charge is 0.192 e. The summed E-state index contributed by atoms with van der Waals surface area (Å²) in [5.74, 6) is 0. The van der Waals surface area contributed by atoms with E-state index >= 15 is 0 Å². The Bertz CT molecular complexity index is 626. The van der Waals surface area contributed by atoms with Gasteiger partial charge in [-0.1, -0.05) is 81.4 Å². The van der Waals surface area contributed by atoms with Gasteiger partial charge in [-0.25, -0.2) is 0 Å². The summed E-state index contributed by atoms with van der Waals surface area (Å²) in [4.78, 5) is 0. The van der Waals surface area contributed by atoms with Crippen LogP contribution in [0, 0.1) is 0 Å². The number of aliphatic hydroxyl groups is 1. The molecule has 0 aliphatic rings. The Labute approximate surface area is 153 Å². The summed E-state index contributed by atoms with van der Waals surface area (Å²) in [5, 5.41) is 11.7. The summed E-state index contributed by atoms with van der Waals surface area (Å²) >= 11 is 0. The van der Waals surface area contributed by atoms with Crippen LogP contribution in [0.1, 0.15) is 31.9 Å². The number of rotatable bonds is 6. The molecule has 0 saturated heterocycles. The van der Waals surface area contributed by atoms with Gasteiger partial charge >= 0.3 is 0 Å². The van der Waals surface area contributed by atoms with E-state index in [-0.39, 0.29) is 5.04 Å². The van der Waals surface area contributed by atoms with Crippen LogP contribution < -0.4 is 5.73 Å². The molecular formula is C21H31NO2Si. The highest BCUT2D eigenvalue weighted by Gasteiger charge is 2.42. The zero-order valence-corrected chi connectivity index (χ0v) is 17.0. The maximum absolute atomic E-state index is 11.6. The molecule has 2 aromatic rings. The molecule has 0 aromatic heterocycles. The summed E-state index contributed by atoms with van der Waals surface area (Å²) in [5.41, 5.74) is 6.80. The van der Waals surface area contributed by atoms with Crippen LogP contribution >= 0.6 is 0 Å². The van der Waals surface area contributed by atoms with E-state index in [4.69, 9.17) is 10.2 Å². The largest absolute Gasteiger partial charge is 0.415 e. The van der Waals surface area contributed by atoms with Crippen LogP contribution in [0.4, 0.5) is 0 Å². The molecule has 2 aromatic carbocycles. The molecule has 3 N–H and O–H groups in total. The normalized spacial score (nSPS) is 14.4. The van der Waals surface area contributed by atoms with Crippen molar-refractivity contribution in [3.05, 3.63) is 71.8 Å². The highest BCUT2D eigenvalue weighted by molar-refractivity contribution is 6.74. The molecule has 3 nitrogen and oxygen atoms in total. The third-order valence-corrected chi connectivity index (χ3v) is 9.90. The third kappa shape index (κ3) is 4.21. The lowest BCUT2D eigenvalue weighted by Gasteiger charge is -2.40. The van der Waals surface area contributed by atoms with Crippen LogP contribution in [0.2, 0.25) is 18.1 Å². The van der Waals surface area contributed by atoms with Gasteiger partial charge in [0.2, 0.25) is 0 Å². The van der Waals surface area contributed by atoms with Crippen LogP contribution in [0.5, 0.6) is 0 Å². The zero-order valence-electron chi connectivity index (χ0n) is 16.0. The summed E-state index contributed by atoms with van der Waals surface area (Å²) in [6.07, 6.45) is 0. The summed E-state index contributed by atoms with van der Waals surface area (Å²) in [6, 6.07) is 18.7. The van der Waals surface area contributed by atoms with Crippen molar-refractivity contribution in [3.8, 4) is 0 Å². The van der Waals surface area contributed by atoms with Crippen molar-refractivity contribution in [2.24, 2.45) is 5.73 Å². The van der Waals surface area contributed by atoms with Gasteiger partial charge in [-0.15, -0.1) is 0 Å². The first-order valence-electron chi connectivity index (χ1n) is 8.82. The number of nitrogens with two attached hydrogens (primary N) is 1. The third-order valence-electron chi connectivity index (χ3n) is 5.39. The molecular weight excluding hydrogens is 326 g/mol. The van der Waals surface area contributed by atoms with Crippen molar-refractivity contribution >= 4 is 8.32 Å². The number of hydrogen-bond donors (Lipinski definition) is 2. The molecule has 0 heterocycles. The van der Waals surface area contributed by atoms with E-state index in [9.17, 15) is 5.11 Å². The van der Waals surface area contributed by atoms with E-state index in [1.807, 2.05) is 60.7 Å². The quantitative estimate of drug-likeness (QED) is 0.759. The highest BCUT2D eigenvalue weighted by Crippen LogP contribution is 2.38. The van der Waals surface area contributed by atoms with Gasteiger partial charge in [0.25, 0.3) is 0 Å². The monoisotopic (exact) mass is 357 g/mol. The maximum Gasteiger partial charge on any atom is 0.192 e. The van der Waals surface area contributed by atoms with Crippen LogP contribution in [0.25, 0.3) is 0 Å². The average Bonchev–Trinajstić information content (AvgIpc) is 2.59. The van der Waals surface area contributed by atoms with Gasteiger partial charge in [-0.05, 0) is 29.3 Å². The Balaban J connectivity index is 2.34. The first kappa shape index (κ1) is 19.9. The molecule has 2 rings (SSSR count). The Morgan fingerprint density at radius 3 is 1.68 bits per heavy atom. The SMILES string of the molecule is CC(C)(C)[Si](C)(C)OC[C@H](N)C(O)(c1ccccc1)c1ccccc1. The molecule has 1 atom stereocenters. The van der Waals surface area contributed by atoms with Crippen LogP contribution in [-0.2, 0) is 10.0 Å². The van der Waals surface area contributed by atoms with Crippen LogP contribution in [-0.4, -0.2) is 26.1 Å². The predicted octanol–water partition coefficient (Wildman–Crippen LogP) is 4.27. The Kier molecular flexibility index (Phi) is 5.89. The molecule has 0 bridgehead atoms. The van der Waals surface area contributed by atoms with Crippen molar-refractivity contribution in [3.63, 3.8) is 0 Å². The van der Waals surface area contributed by atoms with Gasteiger partial charge in [0.1, 0.15) is 5.60 Å². The molecule has 136 valence electrons. The van der Waals surface area contributed by atoms with E-state index in [0.717, 1.165) is 11.1 Å². The number of hydrogen-bond acceptors (Lipinski definition) is 3. The minimum atomic E-state index is -1.94. The molecule has 4 heteroatoms. The fraction of sp³-hybridized carbons (Fsp3) is 0.429. The van der Waals surface area contributed by atoms with Gasteiger partial charge in [-0.2, -0.15) is 0 Å². The molecule has 0 saturated carbocycles. The fourth-order valence-electron chi connectivity index (χ4n) is 2.61. The van der Waals surface area contributed by atoms with Crippen molar-refractivity contribution < 1.29 is 9.53 Å². The number of benzene rings is 2. The zero-order chi connectivity index (χ0) is 18.7. The second kappa shape index (κ2) is 7.42. The van der Waals surface area contributed by atoms with Gasteiger partial charge in [-0.3, -0.25) is 0 Å². The topological polar surface area (TPSA) is 55.5 Å². The van der Waals surface area contributed by atoms with Gasteiger partial charge in [0.15, 0.2) is 8.32 Å². The van der Waals surface area contributed by atoms with Crippen LogP contribution in [0.3, 0.4) is 0 Å². The standard InChI is InChI=1S/C21H31NO2Si/c1-20(2,3)25(4,5)24-16-19(22)21(23,17-12-8-6-9-13-17)18-14-10-7-11-15-18/h6-15,19,23H,16,22H2,1-5H3/t19-/m0/s1. The van der Waals surface area contributed by atoms with Crippen LogP contribution in [0.15, 0.2) is 60.7 Å². The summed E-state index contributed by atoms with van der Waals surface area (Å²) in [7, 11) is -1.94. The van der Waals surface area contributed by atoms with Crippen molar-refractivity contribution in [2.45, 2.75) is 50.5 Å². The van der Waals surface area contributed by atoms with E-state index in [1.165, 1.54) is 0 Å². The second-order valence-electron chi connectivity index (χ2n) is 8.18. The lowest BCUT2D eigenvalue weighted by atomic mass is 9.81. The van der Waals surface area contributed by atoms with E-state index in [1.54, 1.807) is 0 Å². The summed E-state index contributed by atoms with van der Waals surface area (Å²) < 4.78 is 6.30. The van der Waals surface area contributed by atoms with Gasteiger partial charge in [0, 0.05) is 0 Å². The second-order valence-corrected chi connectivity index (χ2v) is 13.0. The highest BCUT2D eigenvalue weighted by atomic mass is 28.4. The molecule has 0 aliphatic carbocycles. The van der Waals surface area contributed by atoms with Crippen molar-refractivity contribution in [1.82, 2.24) is 0 Å². The predicted molar refractivity (Wildman–Crippen MR) is 107 cm³/mol. The molecule has 0 unspecified atom stereocenters. The molecule has 0 spiro atoms. The molecule has 0 radical (unpaired) electrons. The fourth-order valence-corrected chi connectivity index (χ4v) is 3.64. The average molecular weight is 358 g/mol. The first-order valence-corrected chi connectivity index (χ1v) is 11.7. The molecule has 0 amide bonds. The minimum Gasteiger partial charge on any atom is -0.415 e. The Morgan fingerprint density at radius 1 is 0.920 bits per heavy atom. The lowest BCUT2D eigenvalue weighted by molar-refractivity contribution is 0.0313. The molecule has 25 heavy (non-hydrogen) atoms. The van der Waals surface area contributed by atoms with Crippen molar-refractivity contribution in [2.75, 3.05) is 6.61 Å². The molecule has 0 aliphatic heterocycles. The van der Waals surface area contributed by atoms with E-state index in [2.05, 4.69) is 33.9 Å². The van der Waals surface area contributed by atoms with E-state index in [0.29, 0.717) is 6.61 Å². The summed E-state index contributed by atoms with van der Waals surface area (Å²) in [6.45, 7) is 11.3. The van der Waals surface area contributed by atoms with Gasteiger partial charge < -0.3 is 15.3 Å². The Hall–Kier alpha value is -1.46. The maximum atomic E-state index is 11.6. The first-order chi connectivity index (χ1) is 11.6.